The van der Waals surface area contributed by atoms with E-state index in [2.05, 4.69) is 47.8 Å². The van der Waals surface area contributed by atoms with Crippen LogP contribution in [0, 0.1) is 0 Å². The van der Waals surface area contributed by atoms with Gasteiger partial charge in [-0.15, -0.1) is 0 Å². The minimum Gasteiger partial charge on any atom is -0.304 e. The summed E-state index contributed by atoms with van der Waals surface area (Å²) < 4.78 is 2.25. The molecule has 0 N–H and O–H groups in total. The molecule has 0 radical (unpaired) electrons. The number of pyridine rings is 1. The van der Waals surface area contributed by atoms with Gasteiger partial charge in [-0.25, -0.2) is 4.98 Å². The summed E-state index contributed by atoms with van der Waals surface area (Å²) in [7, 11) is 0. The lowest BCUT2D eigenvalue weighted by Crippen LogP contribution is -2.02. The molecule has 0 saturated carbocycles. The molecule has 2 nitrogen and oxygen atoms in total. The van der Waals surface area contributed by atoms with Crippen molar-refractivity contribution >= 4 is 5.65 Å². The van der Waals surface area contributed by atoms with Crippen molar-refractivity contribution in [3.05, 3.63) is 36.3 Å². The van der Waals surface area contributed by atoms with Crippen molar-refractivity contribution < 1.29 is 0 Å². The first-order valence-electron chi connectivity index (χ1n) is 6.78. The molecule has 2 rings (SSSR count). The van der Waals surface area contributed by atoms with Crippen molar-refractivity contribution in [2.75, 3.05) is 0 Å². The first-order chi connectivity index (χ1) is 8.36. The molecule has 0 bridgehead atoms. The van der Waals surface area contributed by atoms with E-state index in [9.17, 15) is 0 Å². The monoisotopic (exact) mass is 230 g/mol. The van der Waals surface area contributed by atoms with Gasteiger partial charge >= 0.3 is 0 Å². The van der Waals surface area contributed by atoms with E-state index in [0.717, 1.165) is 5.65 Å². The van der Waals surface area contributed by atoms with Crippen molar-refractivity contribution in [2.24, 2.45) is 0 Å². The van der Waals surface area contributed by atoms with Crippen LogP contribution in [0.15, 0.2) is 30.6 Å². The number of aromatic nitrogens is 2. The average molecular weight is 230 g/mol. The van der Waals surface area contributed by atoms with Crippen molar-refractivity contribution in [1.82, 2.24) is 9.38 Å². The Bertz CT molecular complexity index is 459. The van der Waals surface area contributed by atoms with Gasteiger partial charge in [0.2, 0.25) is 0 Å². The van der Waals surface area contributed by atoms with Crippen molar-refractivity contribution in [3.63, 3.8) is 0 Å². The standard InChI is InChI=1S/C15H22N2/c1-3-5-9-13(8-4-2)14-12-16-15-10-6-7-11-17(14)15/h6-7,10-13H,3-5,8-9H2,1-2H3. The predicted molar refractivity (Wildman–Crippen MR) is 72.4 cm³/mol. The van der Waals surface area contributed by atoms with E-state index in [-0.39, 0.29) is 0 Å². The number of hydrogen-bond acceptors (Lipinski definition) is 1. The van der Waals surface area contributed by atoms with Crippen LogP contribution in [0.25, 0.3) is 5.65 Å². The zero-order chi connectivity index (χ0) is 12.1. The average Bonchev–Trinajstić information content (AvgIpc) is 2.78. The van der Waals surface area contributed by atoms with E-state index < -0.39 is 0 Å². The summed E-state index contributed by atoms with van der Waals surface area (Å²) in [5.41, 5.74) is 2.45. The van der Waals surface area contributed by atoms with Crippen molar-refractivity contribution in [2.45, 2.75) is 51.9 Å². The Hall–Kier alpha value is -1.31. The zero-order valence-corrected chi connectivity index (χ0v) is 10.9. The van der Waals surface area contributed by atoms with Crippen LogP contribution in [0.3, 0.4) is 0 Å². The molecule has 2 aromatic heterocycles. The van der Waals surface area contributed by atoms with Gasteiger partial charge in [-0.05, 0) is 25.0 Å². The van der Waals surface area contributed by atoms with Gasteiger partial charge in [-0.1, -0.05) is 39.2 Å². The first kappa shape index (κ1) is 12.2. The van der Waals surface area contributed by atoms with E-state index >= 15 is 0 Å². The molecule has 0 aliphatic heterocycles. The SMILES string of the molecule is CCCCC(CCC)c1cnc2ccccn12. The van der Waals surface area contributed by atoms with Crippen molar-refractivity contribution in [3.8, 4) is 0 Å². The molecule has 2 heterocycles. The summed E-state index contributed by atoms with van der Waals surface area (Å²) in [5, 5.41) is 0. The van der Waals surface area contributed by atoms with Gasteiger partial charge in [0.15, 0.2) is 0 Å². The largest absolute Gasteiger partial charge is 0.304 e. The number of rotatable bonds is 6. The number of imidazole rings is 1. The van der Waals surface area contributed by atoms with Crippen LogP contribution < -0.4 is 0 Å². The second-order valence-corrected chi connectivity index (χ2v) is 4.74. The minimum atomic E-state index is 0.664. The molecular weight excluding hydrogens is 208 g/mol. The van der Waals surface area contributed by atoms with Crippen LogP contribution in [0.5, 0.6) is 0 Å². The maximum Gasteiger partial charge on any atom is 0.136 e. The molecule has 2 aromatic rings. The molecule has 2 heteroatoms. The minimum absolute atomic E-state index is 0.664. The highest BCUT2D eigenvalue weighted by Crippen LogP contribution is 2.27. The predicted octanol–water partition coefficient (Wildman–Crippen LogP) is 4.41. The fourth-order valence-electron chi connectivity index (χ4n) is 2.49. The molecule has 0 aliphatic rings. The molecule has 0 saturated heterocycles. The van der Waals surface area contributed by atoms with Gasteiger partial charge in [0.1, 0.15) is 5.65 Å². The van der Waals surface area contributed by atoms with Gasteiger partial charge in [-0.2, -0.15) is 0 Å². The third-order valence-corrected chi connectivity index (χ3v) is 3.41. The lowest BCUT2D eigenvalue weighted by molar-refractivity contribution is 0.527. The van der Waals surface area contributed by atoms with Crippen LogP contribution in [-0.4, -0.2) is 9.38 Å². The van der Waals surface area contributed by atoms with E-state index in [1.807, 2.05) is 6.07 Å². The molecule has 0 aromatic carbocycles. The van der Waals surface area contributed by atoms with Gasteiger partial charge in [0.05, 0.1) is 0 Å². The van der Waals surface area contributed by atoms with Crippen LogP contribution in [0.4, 0.5) is 0 Å². The van der Waals surface area contributed by atoms with E-state index in [0.29, 0.717) is 5.92 Å². The fraction of sp³-hybridized carbons (Fsp3) is 0.533. The third kappa shape index (κ3) is 2.68. The first-order valence-corrected chi connectivity index (χ1v) is 6.78. The number of unbranched alkanes of at least 4 members (excludes halogenated alkanes) is 1. The van der Waals surface area contributed by atoms with E-state index in [4.69, 9.17) is 0 Å². The molecule has 0 fully saturated rings. The third-order valence-electron chi connectivity index (χ3n) is 3.41. The van der Waals surface area contributed by atoms with Crippen LogP contribution in [0.1, 0.15) is 57.6 Å². The van der Waals surface area contributed by atoms with E-state index in [1.165, 1.54) is 37.8 Å². The number of hydrogen-bond donors (Lipinski definition) is 0. The molecule has 0 amide bonds. The van der Waals surface area contributed by atoms with Crippen LogP contribution >= 0.6 is 0 Å². The molecular formula is C15H22N2. The Morgan fingerprint density at radius 2 is 2.06 bits per heavy atom. The fourth-order valence-corrected chi connectivity index (χ4v) is 2.49. The Morgan fingerprint density at radius 3 is 2.82 bits per heavy atom. The maximum atomic E-state index is 4.49. The molecule has 0 spiro atoms. The second kappa shape index (κ2) is 5.85. The van der Waals surface area contributed by atoms with E-state index in [1.54, 1.807) is 0 Å². The van der Waals surface area contributed by atoms with Gasteiger partial charge in [0, 0.05) is 24.0 Å². The van der Waals surface area contributed by atoms with Gasteiger partial charge in [0.25, 0.3) is 0 Å². The summed E-state index contributed by atoms with van der Waals surface area (Å²) in [6.45, 7) is 4.53. The molecule has 17 heavy (non-hydrogen) atoms. The Balaban J connectivity index is 2.27. The molecule has 0 aliphatic carbocycles. The number of nitrogens with zero attached hydrogens (tertiary/aromatic N) is 2. The van der Waals surface area contributed by atoms with Crippen LogP contribution in [-0.2, 0) is 0 Å². The zero-order valence-electron chi connectivity index (χ0n) is 10.9. The Kier molecular flexibility index (Phi) is 4.18. The van der Waals surface area contributed by atoms with Gasteiger partial charge < -0.3 is 4.40 Å². The quantitative estimate of drug-likeness (QED) is 0.718. The highest BCUT2D eigenvalue weighted by molar-refractivity contribution is 5.40. The molecule has 1 atom stereocenters. The topological polar surface area (TPSA) is 17.3 Å². The molecule has 1 unspecified atom stereocenters. The van der Waals surface area contributed by atoms with Gasteiger partial charge in [-0.3, -0.25) is 0 Å². The summed E-state index contributed by atoms with van der Waals surface area (Å²) in [6.07, 6.45) is 10.6. The Morgan fingerprint density at radius 1 is 1.18 bits per heavy atom. The highest BCUT2D eigenvalue weighted by Gasteiger charge is 2.14. The normalized spacial score (nSPS) is 13.1. The maximum absolute atomic E-state index is 4.49. The highest BCUT2D eigenvalue weighted by atomic mass is 15.0. The lowest BCUT2D eigenvalue weighted by Gasteiger charge is -2.15. The Labute approximate surface area is 104 Å². The summed E-state index contributed by atoms with van der Waals surface area (Å²) in [4.78, 5) is 4.49. The lowest BCUT2D eigenvalue weighted by atomic mass is 9.94. The number of fused-ring (bicyclic) bond motifs is 1. The summed E-state index contributed by atoms with van der Waals surface area (Å²) in [5.74, 6) is 0.664. The van der Waals surface area contributed by atoms with Crippen LogP contribution in [0.2, 0.25) is 0 Å². The summed E-state index contributed by atoms with van der Waals surface area (Å²) >= 11 is 0. The second-order valence-electron chi connectivity index (χ2n) is 4.74. The molecule has 92 valence electrons. The smallest absolute Gasteiger partial charge is 0.136 e. The van der Waals surface area contributed by atoms with Crippen molar-refractivity contribution in [1.29, 1.82) is 0 Å². The summed E-state index contributed by atoms with van der Waals surface area (Å²) in [6, 6.07) is 6.21.